The van der Waals surface area contributed by atoms with Crippen LogP contribution in [0.5, 0.6) is 0 Å². The molecule has 1 aliphatic carbocycles. The Labute approximate surface area is 123 Å². The third kappa shape index (κ3) is 3.93. The van der Waals surface area contributed by atoms with Crippen molar-refractivity contribution >= 4 is 17.3 Å². The summed E-state index contributed by atoms with van der Waals surface area (Å²) >= 11 is 0. The predicted molar refractivity (Wildman–Crippen MR) is 79.4 cm³/mol. The number of nitro groups is 1. The molecule has 0 amide bonds. The number of hydrogen-bond donors (Lipinski definition) is 2. The van der Waals surface area contributed by atoms with E-state index in [2.05, 4.69) is 5.32 Å². The maximum atomic E-state index is 11.3. The van der Waals surface area contributed by atoms with Gasteiger partial charge in [-0.2, -0.15) is 0 Å². The summed E-state index contributed by atoms with van der Waals surface area (Å²) < 4.78 is 0. The molecule has 1 aliphatic rings. The lowest BCUT2D eigenvalue weighted by molar-refractivity contribution is -0.384. The lowest BCUT2D eigenvalue weighted by Crippen LogP contribution is -2.31. The average Bonchev–Trinajstić information content (AvgIpc) is 2.44. The molecule has 2 rings (SSSR count). The number of aliphatic carboxylic acids is 1. The molecule has 2 N–H and O–H groups in total. The number of non-ortho nitro benzene ring substituents is 1. The molecule has 1 fully saturated rings. The second-order valence-corrected chi connectivity index (χ2v) is 5.68. The van der Waals surface area contributed by atoms with Crippen LogP contribution in [0.2, 0.25) is 0 Å². The zero-order valence-electron chi connectivity index (χ0n) is 12.0. The van der Waals surface area contributed by atoms with E-state index in [-0.39, 0.29) is 17.5 Å². The summed E-state index contributed by atoms with van der Waals surface area (Å²) in [6.45, 7) is 2.34. The number of anilines is 1. The van der Waals surface area contributed by atoms with Gasteiger partial charge in [0.1, 0.15) is 0 Å². The van der Waals surface area contributed by atoms with Crippen LogP contribution in [0.1, 0.15) is 31.2 Å². The van der Waals surface area contributed by atoms with Crippen molar-refractivity contribution < 1.29 is 14.8 Å². The first-order valence-corrected chi connectivity index (χ1v) is 7.20. The van der Waals surface area contributed by atoms with Gasteiger partial charge in [-0.1, -0.05) is 12.8 Å². The van der Waals surface area contributed by atoms with Gasteiger partial charge in [-0.15, -0.1) is 0 Å². The first-order chi connectivity index (χ1) is 9.97. The van der Waals surface area contributed by atoms with Gasteiger partial charge in [-0.25, -0.2) is 0 Å². The molecule has 1 aromatic rings. The molecule has 1 saturated carbocycles. The number of aryl methyl sites for hydroxylation is 1. The van der Waals surface area contributed by atoms with E-state index in [1.807, 2.05) is 6.07 Å². The first-order valence-electron chi connectivity index (χ1n) is 7.20. The number of carboxylic acid groups (broad SMARTS) is 1. The molecular weight excluding hydrogens is 272 g/mol. The number of hydrogen-bond acceptors (Lipinski definition) is 4. The lowest BCUT2D eigenvalue weighted by Gasteiger charge is -2.28. The number of carboxylic acids is 1. The number of rotatable bonds is 5. The van der Waals surface area contributed by atoms with Crippen molar-refractivity contribution in [2.45, 2.75) is 32.6 Å². The zero-order chi connectivity index (χ0) is 15.4. The van der Waals surface area contributed by atoms with E-state index in [9.17, 15) is 20.0 Å². The SMILES string of the molecule is Cc1cc(NCC2CCCCC2C(=O)O)cc([N+](=O)[O-])c1. The molecule has 114 valence electrons. The highest BCUT2D eigenvalue weighted by molar-refractivity contribution is 5.70. The molecular formula is C15H20N2O4. The van der Waals surface area contributed by atoms with Gasteiger partial charge in [0.25, 0.3) is 5.69 Å². The van der Waals surface area contributed by atoms with E-state index in [1.54, 1.807) is 6.92 Å². The van der Waals surface area contributed by atoms with E-state index < -0.39 is 10.9 Å². The quantitative estimate of drug-likeness (QED) is 0.642. The Kier molecular flexibility index (Phi) is 4.77. The Morgan fingerprint density at radius 3 is 2.76 bits per heavy atom. The van der Waals surface area contributed by atoms with Crippen LogP contribution in [0, 0.1) is 28.9 Å². The van der Waals surface area contributed by atoms with Crippen molar-refractivity contribution in [2.24, 2.45) is 11.8 Å². The van der Waals surface area contributed by atoms with Crippen LogP contribution in [-0.2, 0) is 4.79 Å². The Balaban J connectivity index is 2.05. The van der Waals surface area contributed by atoms with E-state index in [1.165, 1.54) is 12.1 Å². The second kappa shape index (κ2) is 6.56. The van der Waals surface area contributed by atoms with Crippen molar-refractivity contribution in [3.05, 3.63) is 33.9 Å². The van der Waals surface area contributed by atoms with Crippen molar-refractivity contribution in [1.29, 1.82) is 0 Å². The smallest absolute Gasteiger partial charge is 0.306 e. The maximum Gasteiger partial charge on any atom is 0.306 e. The van der Waals surface area contributed by atoms with Gasteiger partial charge in [0.2, 0.25) is 0 Å². The van der Waals surface area contributed by atoms with Gasteiger partial charge in [-0.3, -0.25) is 14.9 Å². The summed E-state index contributed by atoms with van der Waals surface area (Å²) in [6.07, 6.45) is 3.61. The van der Waals surface area contributed by atoms with Crippen LogP contribution in [0.3, 0.4) is 0 Å². The molecule has 6 nitrogen and oxygen atoms in total. The second-order valence-electron chi connectivity index (χ2n) is 5.68. The molecule has 0 bridgehead atoms. The van der Waals surface area contributed by atoms with Crippen LogP contribution >= 0.6 is 0 Å². The van der Waals surface area contributed by atoms with Crippen LogP contribution in [0.4, 0.5) is 11.4 Å². The largest absolute Gasteiger partial charge is 0.481 e. The summed E-state index contributed by atoms with van der Waals surface area (Å²) in [7, 11) is 0. The summed E-state index contributed by atoms with van der Waals surface area (Å²) in [5.41, 5.74) is 1.54. The fourth-order valence-corrected chi connectivity index (χ4v) is 3.00. The van der Waals surface area contributed by atoms with E-state index in [0.717, 1.165) is 31.2 Å². The van der Waals surface area contributed by atoms with Crippen molar-refractivity contribution in [1.82, 2.24) is 0 Å². The van der Waals surface area contributed by atoms with Crippen LogP contribution in [0.25, 0.3) is 0 Å². The van der Waals surface area contributed by atoms with Gasteiger partial charge in [0.15, 0.2) is 0 Å². The van der Waals surface area contributed by atoms with E-state index in [0.29, 0.717) is 12.2 Å². The third-order valence-corrected chi connectivity index (χ3v) is 4.07. The molecule has 2 unspecified atom stereocenters. The maximum absolute atomic E-state index is 11.3. The minimum atomic E-state index is -0.739. The van der Waals surface area contributed by atoms with E-state index >= 15 is 0 Å². The van der Waals surface area contributed by atoms with Crippen LogP contribution in [-0.4, -0.2) is 22.5 Å². The van der Waals surface area contributed by atoms with Gasteiger partial charge in [0, 0.05) is 24.4 Å². The Hall–Kier alpha value is -2.11. The fraction of sp³-hybridized carbons (Fsp3) is 0.533. The highest BCUT2D eigenvalue weighted by Gasteiger charge is 2.30. The molecule has 0 radical (unpaired) electrons. The van der Waals surface area contributed by atoms with Crippen LogP contribution in [0.15, 0.2) is 18.2 Å². The Bertz CT molecular complexity index is 544. The highest BCUT2D eigenvalue weighted by atomic mass is 16.6. The monoisotopic (exact) mass is 292 g/mol. The Morgan fingerprint density at radius 2 is 2.10 bits per heavy atom. The van der Waals surface area contributed by atoms with Crippen LogP contribution < -0.4 is 5.32 Å². The molecule has 0 saturated heterocycles. The number of benzene rings is 1. The summed E-state index contributed by atoms with van der Waals surface area (Å²) in [4.78, 5) is 21.7. The summed E-state index contributed by atoms with van der Waals surface area (Å²) in [6, 6.07) is 4.85. The summed E-state index contributed by atoms with van der Waals surface area (Å²) in [5.74, 6) is -0.974. The first kappa shape index (κ1) is 15.3. The van der Waals surface area contributed by atoms with Gasteiger partial charge >= 0.3 is 5.97 Å². The number of nitro benzene ring substituents is 1. The number of nitrogens with zero attached hydrogens (tertiary/aromatic N) is 1. The predicted octanol–water partition coefficient (Wildman–Crippen LogP) is 3.21. The lowest BCUT2D eigenvalue weighted by atomic mass is 9.79. The molecule has 0 aliphatic heterocycles. The molecule has 2 atom stereocenters. The molecule has 0 aromatic heterocycles. The van der Waals surface area contributed by atoms with E-state index in [4.69, 9.17) is 0 Å². The van der Waals surface area contributed by atoms with Crippen molar-refractivity contribution in [2.75, 3.05) is 11.9 Å². The zero-order valence-corrected chi connectivity index (χ0v) is 12.0. The molecule has 0 heterocycles. The van der Waals surface area contributed by atoms with Crippen molar-refractivity contribution in [3.63, 3.8) is 0 Å². The topological polar surface area (TPSA) is 92.5 Å². The van der Waals surface area contributed by atoms with Crippen molar-refractivity contribution in [3.8, 4) is 0 Å². The normalized spacial score (nSPS) is 21.8. The number of nitrogens with one attached hydrogen (secondary N) is 1. The fourth-order valence-electron chi connectivity index (χ4n) is 3.00. The minimum Gasteiger partial charge on any atom is -0.481 e. The third-order valence-electron chi connectivity index (χ3n) is 4.07. The van der Waals surface area contributed by atoms with Gasteiger partial charge in [-0.05, 0) is 37.3 Å². The number of carbonyl (C=O) groups is 1. The minimum absolute atomic E-state index is 0.0518. The standard InChI is InChI=1S/C15H20N2O4/c1-10-6-12(8-13(7-10)17(20)21)16-9-11-4-2-3-5-14(11)15(18)19/h6-8,11,14,16H,2-5,9H2,1H3,(H,18,19). The van der Waals surface area contributed by atoms with Gasteiger partial charge in [0.05, 0.1) is 10.8 Å². The Morgan fingerprint density at radius 1 is 1.38 bits per heavy atom. The summed E-state index contributed by atoms with van der Waals surface area (Å²) in [5, 5.41) is 23.3. The highest BCUT2D eigenvalue weighted by Crippen LogP contribution is 2.31. The molecule has 1 aromatic carbocycles. The molecule has 21 heavy (non-hydrogen) atoms. The molecule has 0 spiro atoms. The average molecular weight is 292 g/mol. The molecule has 6 heteroatoms. The van der Waals surface area contributed by atoms with Gasteiger partial charge < -0.3 is 10.4 Å².